The van der Waals surface area contributed by atoms with E-state index in [1.54, 1.807) is 11.3 Å². The van der Waals surface area contributed by atoms with Gasteiger partial charge in [-0.2, -0.15) is 13.2 Å². The van der Waals surface area contributed by atoms with Gasteiger partial charge in [0.15, 0.2) is 0 Å². The number of nitrogens with two attached hydrogens (primary N) is 1. The van der Waals surface area contributed by atoms with Gasteiger partial charge in [0.1, 0.15) is 5.69 Å². The van der Waals surface area contributed by atoms with E-state index in [0.717, 1.165) is 18.7 Å². The number of aromatic nitrogens is 1. The summed E-state index contributed by atoms with van der Waals surface area (Å²) >= 11 is 1.67. The summed E-state index contributed by atoms with van der Waals surface area (Å²) in [5, 5.41) is 3.02. The maximum absolute atomic E-state index is 12.7. The number of halogens is 3. The molecule has 1 atom stereocenters. The second-order valence-corrected chi connectivity index (χ2v) is 6.29. The third kappa shape index (κ3) is 4.10. The van der Waals surface area contributed by atoms with Crippen molar-refractivity contribution in [3.05, 3.63) is 39.8 Å². The van der Waals surface area contributed by atoms with Crippen LogP contribution >= 0.6 is 11.3 Å². The zero-order valence-electron chi connectivity index (χ0n) is 11.7. The molecule has 0 bridgehead atoms. The quantitative estimate of drug-likeness (QED) is 0.893. The van der Waals surface area contributed by atoms with Crippen LogP contribution < -0.4 is 11.1 Å². The number of rotatable bonds is 4. The molecule has 0 saturated carbocycles. The number of aryl methyl sites for hydroxylation is 1. The Morgan fingerprint density at radius 2 is 2.10 bits per heavy atom. The van der Waals surface area contributed by atoms with E-state index in [9.17, 15) is 13.2 Å². The van der Waals surface area contributed by atoms with E-state index in [1.165, 1.54) is 9.75 Å². The number of alkyl halides is 3. The Kier molecular flexibility index (Phi) is 4.41. The Bertz CT molecular complexity index is 622. The Morgan fingerprint density at radius 1 is 1.38 bits per heavy atom. The minimum atomic E-state index is -4.47. The van der Waals surface area contributed by atoms with Gasteiger partial charge in [0, 0.05) is 22.2 Å². The molecule has 2 rings (SSSR count). The first-order chi connectivity index (χ1) is 9.75. The summed E-state index contributed by atoms with van der Waals surface area (Å²) in [6.07, 6.45) is -2.72. The smallest absolute Gasteiger partial charge is 0.396 e. The van der Waals surface area contributed by atoms with Crippen LogP contribution in [0.4, 0.5) is 24.5 Å². The van der Waals surface area contributed by atoms with Crippen LogP contribution in [0, 0.1) is 6.92 Å². The van der Waals surface area contributed by atoms with Gasteiger partial charge in [-0.15, -0.1) is 11.3 Å². The maximum atomic E-state index is 12.7. The number of nitrogens with zero attached hydrogens (tertiary/aromatic N) is 1. The fraction of sp³-hybridized carbons (Fsp3) is 0.357. The van der Waals surface area contributed by atoms with E-state index in [0.29, 0.717) is 0 Å². The molecule has 2 heterocycles. The van der Waals surface area contributed by atoms with Gasteiger partial charge in [-0.3, -0.25) is 0 Å². The number of anilines is 2. The van der Waals surface area contributed by atoms with E-state index in [4.69, 9.17) is 5.73 Å². The van der Waals surface area contributed by atoms with Crippen LogP contribution in [0.1, 0.15) is 22.4 Å². The molecule has 0 spiro atoms. The summed E-state index contributed by atoms with van der Waals surface area (Å²) < 4.78 is 38.0. The minimum Gasteiger partial charge on any atom is -0.396 e. The molecule has 2 aromatic heterocycles. The molecule has 114 valence electrons. The van der Waals surface area contributed by atoms with Gasteiger partial charge in [0.25, 0.3) is 0 Å². The molecule has 2 aromatic rings. The third-order valence-electron chi connectivity index (χ3n) is 2.93. The predicted octanol–water partition coefficient (Wildman–Crippen LogP) is 4.10. The SMILES string of the molecule is Cc1ccc(CC(C)Nc2cc(C(F)(F)F)ncc2N)s1. The lowest BCUT2D eigenvalue weighted by Crippen LogP contribution is -2.19. The van der Waals surface area contributed by atoms with Crippen molar-refractivity contribution in [2.24, 2.45) is 0 Å². The van der Waals surface area contributed by atoms with Crippen molar-refractivity contribution in [2.45, 2.75) is 32.5 Å². The van der Waals surface area contributed by atoms with E-state index in [-0.39, 0.29) is 17.4 Å². The van der Waals surface area contributed by atoms with Crippen molar-refractivity contribution >= 4 is 22.7 Å². The molecule has 7 heteroatoms. The average Bonchev–Trinajstić information content (AvgIpc) is 2.76. The fourth-order valence-corrected chi connectivity index (χ4v) is 2.98. The molecule has 0 amide bonds. The van der Waals surface area contributed by atoms with E-state index in [1.807, 2.05) is 26.0 Å². The number of nitrogen functional groups attached to an aromatic ring is 1. The van der Waals surface area contributed by atoms with Crippen LogP contribution in [0.25, 0.3) is 0 Å². The van der Waals surface area contributed by atoms with Gasteiger partial charge in [-0.25, -0.2) is 4.98 Å². The molecule has 21 heavy (non-hydrogen) atoms. The third-order valence-corrected chi connectivity index (χ3v) is 3.95. The molecule has 0 aromatic carbocycles. The van der Waals surface area contributed by atoms with Crippen molar-refractivity contribution in [3.8, 4) is 0 Å². The first-order valence-electron chi connectivity index (χ1n) is 6.40. The molecule has 0 radical (unpaired) electrons. The molecule has 0 aliphatic heterocycles. The molecule has 1 unspecified atom stereocenters. The van der Waals surface area contributed by atoms with E-state index < -0.39 is 11.9 Å². The Morgan fingerprint density at radius 3 is 2.67 bits per heavy atom. The highest BCUT2D eigenvalue weighted by atomic mass is 32.1. The number of pyridine rings is 1. The highest BCUT2D eigenvalue weighted by Crippen LogP contribution is 2.31. The highest BCUT2D eigenvalue weighted by Gasteiger charge is 2.33. The molecule has 0 aliphatic carbocycles. The second-order valence-electron chi connectivity index (χ2n) is 4.92. The van der Waals surface area contributed by atoms with Gasteiger partial charge in [0.05, 0.1) is 17.6 Å². The molecule has 0 fully saturated rings. The number of nitrogens with one attached hydrogen (secondary N) is 1. The lowest BCUT2D eigenvalue weighted by atomic mass is 10.2. The monoisotopic (exact) mass is 315 g/mol. The number of hydrogen-bond donors (Lipinski definition) is 2. The van der Waals surface area contributed by atoms with Crippen molar-refractivity contribution in [1.29, 1.82) is 0 Å². The lowest BCUT2D eigenvalue weighted by molar-refractivity contribution is -0.141. The van der Waals surface area contributed by atoms with Gasteiger partial charge < -0.3 is 11.1 Å². The molecular formula is C14H16F3N3S. The lowest BCUT2D eigenvalue weighted by Gasteiger charge is -2.17. The minimum absolute atomic E-state index is 0.0335. The van der Waals surface area contributed by atoms with Crippen molar-refractivity contribution in [3.63, 3.8) is 0 Å². The van der Waals surface area contributed by atoms with Crippen LogP contribution in [0.2, 0.25) is 0 Å². The second kappa shape index (κ2) is 5.93. The summed E-state index contributed by atoms with van der Waals surface area (Å²) in [6.45, 7) is 3.92. The summed E-state index contributed by atoms with van der Waals surface area (Å²) in [4.78, 5) is 5.70. The standard InChI is InChI=1S/C14H16F3N3S/c1-8(5-10-4-3-9(2)21-10)20-12-6-13(14(15,16)17)19-7-11(12)18/h3-4,6-8H,5,18H2,1-2H3,(H,19,20). The summed E-state index contributed by atoms with van der Waals surface area (Å²) in [5.41, 5.74) is 5.21. The van der Waals surface area contributed by atoms with Gasteiger partial charge in [-0.1, -0.05) is 0 Å². The van der Waals surface area contributed by atoms with Crippen LogP contribution in [0.15, 0.2) is 24.4 Å². The molecule has 3 N–H and O–H groups in total. The zero-order valence-corrected chi connectivity index (χ0v) is 12.5. The Balaban J connectivity index is 2.11. The zero-order chi connectivity index (χ0) is 15.6. The number of thiophene rings is 1. The molecule has 0 saturated heterocycles. The average molecular weight is 315 g/mol. The van der Waals surface area contributed by atoms with Crippen LogP contribution in [-0.4, -0.2) is 11.0 Å². The van der Waals surface area contributed by atoms with E-state index in [2.05, 4.69) is 10.3 Å². The van der Waals surface area contributed by atoms with Crippen molar-refractivity contribution in [2.75, 3.05) is 11.1 Å². The summed E-state index contributed by atoms with van der Waals surface area (Å²) in [6, 6.07) is 4.96. The van der Waals surface area contributed by atoms with Crippen LogP contribution in [-0.2, 0) is 12.6 Å². The summed E-state index contributed by atoms with van der Waals surface area (Å²) in [5.74, 6) is 0. The Hall–Kier alpha value is -1.76. The van der Waals surface area contributed by atoms with Crippen molar-refractivity contribution in [1.82, 2.24) is 4.98 Å². The predicted molar refractivity (Wildman–Crippen MR) is 79.5 cm³/mol. The highest BCUT2D eigenvalue weighted by molar-refractivity contribution is 7.11. The molecular weight excluding hydrogens is 299 g/mol. The maximum Gasteiger partial charge on any atom is 0.433 e. The number of hydrogen-bond acceptors (Lipinski definition) is 4. The van der Waals surface area contributed by atoms with E-state index >= 15 is 0 Å². The van der Waals surface area contributed by atoms with Gasteiger partial charge in [-0.05, 0) is 32.0 Å². The van der Waals surface area contributed by atoms with Crippen LogP contribution in [0.5, 0.6) is 0 Å². The Labute approximate surface area is 125 Å². The van der Waals surface area contributed by atoms with Gasteiger partial charge in [0.2, 0.25) is 0 Å². The summed E-state index contributed by atoms with van der Waals surface area (Å²) in [7, 11) is 0. The fourth-order valence-electron chi connectivity index (χ4n) is 1.96. The molecule has 0 aliphatic rings. The first-order valence-corrected chi connectivity index (χ1v) is 7.22. The first kappa shape index (κ1) is 15.6. The van der Waals surface area contributed by atoms with Crippen molar-refractivity contribution < 1.29 is 13.2 Å². The topological polar surface area (TPSA) is 50.9 Å². The normalized spacial score (nSPS) is 13.2. The molecule has 3 nitrogen and oxygen atoms in total. The van der Waals surface area contributed by atoms with Gasteiger partial charge >= 0.3 is 6.18 Å². The van der Waals surface area contributed by atoms with Crippen LogP contribution in [0.3, 0.4) is 0 Å². The largest absolute Gasteiger partial charge is 0.433 e.